The molecule has 0 aliphatic rings. The van der Waals surface area contributed by atoms with Crippen molar-refractivity contribution in [2.24, 2.45) is 5.84 Å². The van der Waals surface area contributed by atoms with Gasteiger partial charge < -0.3 is 0 Å². The molecule has 0 aliphatic carbocycles. The van der Waals surface area contributed by atoms with Gasteiger partial charge in [0.05, 0.1) is 6.04 Å². The number of alkyl halides is 3. The van der Waals surface area contributed by atoms with Crippen molar-refractivity contribution in [1.29, 1.82) is 0 Å². The van der Waals surface area contributed by atoms with Crippen molar-refractivity contribution in [2.75, 3.05) is 0 Å². The van der Waals surface area contributed by atoms with E-state index in [-0.39, 0.29) is 5.15 Å². The van der Waals surface area contributed by atoms with Crippen LogP contribution in [0.5, 0.6) is 0 Å². The van der Waals surface area contributed by atoms with Gasteiger partial charge in [-0.25, -0.2) is 15.4 Å². The Morgan fingerprint density at radius 2 is 2.11 bits per heavy atom. The Balaban J connectivity index is 2.35. The van der Waals surface area contributed by atoms with Crippen LogP contribution >= 0.6 is 22.9 Å². The highest BCUT2D eigenvalue weighted by molar-refractivity contribution is 7.11. The van der Waals surface area contributed by atoms with Gasteiger partial charge >= 0.3 is 6.18 Å². The van der Waals surface area contributed by atoms with Crippen LogP contribution in [-0.2, 0) is 6.18 Å². The Kier molecular flexibility index (Phi) is 4.04. The number of halogens is 4. The number of nitrogens with one attached hydrogen (secondary N) is 1. The van der Waals surface area contributed by atoms with E-state index >= 15 is 0 Å². The average molecular weight is 309 g/mol. The molecule has 0 aromatic carbocycles. The van der Waals surface area contributed by atoms with E-state index in [0.29, 0.717) is 21.8 Å². The van der Waals surface area contributed by atoms with Crippen LogP contribution in [0.15, 0.2) is 24.5 Å². The molecule has 0 amide bonds. The normalized spacial score (nSPS) is 13.5. The smallest absolute Gasteiger partial charge is 0.271 e. The number of pyridine rings is 1. The molecule has 102 valence electrons. The summed E-state index contributed by atoms with van der Waals surface area (Å²) in [5, 5.41) is -0.679. The minimum absolute atomic E-state index is 0.235. The number of nitrogens with two attached hydrogens (primary N) is 1. The monoisotopic (exact) mass is 308 g/mol. The van der Waals surface area contributed by atoms with Gasteiger partial charge in [-0.1, -0.05) is 11.6 Å². The summed E-state index contributed by atoms with van der Waals surface area (Å²) >= 11 is 6.27. The zero-order valence-corrected chi connectivity index (χ0v) is 10.9. The molecule has 0 aliphatic heterocycles. The minimum atomic E-state index is -4.46. The van der Waals surface area contributed by atoms with Gasteiger partial charge in [0.25, 0.3) is 0 Å². The highest BCUT2D eigenvalue weighted by atomic mass is 35.5. The highest BCUT2D eigenvalue weighted by Gasteiger charge is 2.35. The molecule has 0 spiro atoms. The van der Waals surface area contributed by atoms with Gasteiger partial charge in [-0.2, -0.15) is 13.2 Å². The second-order valence-electron chi connectivity index (χ2n) is 3.58. The van der Waals surface area contributed by atoms with Gasteiger partial charge in [-0.05, 0) is 17.7 Å². The second-order valence-corrected chi connectivity index (χ2v) is 5.03. The lowest BCUT2D eigenvalue weighted by Gasteiger charge is -2.14. The van der Waals surface area contributed by atoms with Crippen LogP contribution in [0.1, 0.15) is 21.5 Å². The molecular weight excluding hydrogens is 301 g/mol. The summed E-state index contributed by atoms with van der Waals surface area (Å²) in [5.74, 6) is 5.39. The third-order valence-corrected chi connectivity index (χ3v) is 3.61. The summed E-state index contributed by atoms with van der Waals surface area (Å²) < 4.78 is 37.5. The van der Waals surface area contributed by atoms with E-state index in [1.54, 1.807) is 6.07 Å². The average Bonchev–Trinajstić information content (AvgIpc) is 2.79. The molecule has 4 nitrogen and oxygen atoms in total. The molecule has 0 bridgehead atoms. The number of aromatic nitrogens is 2. The Morgan fingerprint density at radius 3 is 2.63 bits per heavy atom. The predicted molar refractivity (Wildman–Crippen MR) is 65.5 cm³/mol. The van der Waals surface area contributed by atoms with Gasteiger partial charge in [0, 0.05) is 17.3 Å². The highest BCUT2D eigenvalue weighted by Crippen LogP contribution is 2.35. The maximum absolute atomic E-state index is 12.5. The standard InChI is InChI=1S/C10H8ClF3N4S/c11-7-3-5(1-2-16-7)8(18-15)6-4-17-9(19-6)10(12,13)14/h1-4,8,18H,15H2. The lowest BCUT2D eigenvalue weighted by atomic mass is 10.1. The number of hydrazine groups is 1. The summed E-state index contributed by atoms with van der Waals surface area (Å²) in [7, 11) is 0. The van der Waals surface area contributed by atoms with Crippen molar-refractivity contribution in [3.63, 3.8) is 0 Å². The summed E-state index contributed by atoms with van der Waals surface area (Å²) in [4.78, 5) is 7.50. The Labute approximate surface area is 115 Å². The van der Waals surface area contributed by atoms with E-state index in [1.807, 2.05) is 0 Å². The third-order valence-electron chi connectivity index (χ3n) is 2.30. The lowest BCUT2D eigenvalue weighted by molar-refractivity contribution is -0.137. The van der Waals surface area contributed by atoms with Crippen LogP contribution in [0.25, 0.3) is 0 Å². The summed E-state index contributed by atoms with van der Waals surface area (Å²) in [6.07, 6.45) is -1.86. The molecule has 0 saturated heterocycles. The predicted octanol–water partition coefficient (Wildman–Crippen LogP) is 2.76. The van der Waals surface area contributed by atoms with Crippen LogP contribution < -0.4 is 11.3 Å². The minimum Gasteiger partial charge on any atom is -0.271 e. The van der Waals surface area contributed by atoms with Crippen molar-refractivity contribution in [2.45, 2.75) is 12.2 Å². The summed E-state index contributed by atoms with van der Waals surface area (Å²) in [6, 6.07) is 2.52. The molecule has 2 aromatic heterocycles. The fourth-order valence-corrected chi connectivity index (χ4v) is 2.54. The quantitative estimate of drug-likeness (QED) is 0.520. The summed E-state index contributed by atoms with van der Waals surface area (Å²) in [5.41, 5.74) is 3.05. The first-order chi connectivity index (χ1) is 8.91. The van der Waals surface area contributed by atoms with Gasteiger partial charge in [-0.3, -0.25) is 5.84 Å². The molecule has 2 heterocycles. The van der Waals surface area contributed by atoms with E-state index in [4.69, 9.17) is 17.4 Å². The van der Waals surface area contributed by atoms with Crippen LogP contribution in [0, 0.1) is 0 Å². The number of thiazole rings is 1. The van der Waals surface area contributed by atoms with E-state index < -0.39 is 17.2 Å². The molecule has 19 heavy (non-hydrogen) atoms. The zero-order chi connectivity index (χ0) is 14.0. The fraction of sp³-hybridized carbons (Fsp3) is 0.200. The molecule has 1 atom stereocenters. The first-order valence-corrected chi connectivity index (χ1v) is 6.21. The molecule has 0 saturated carbocycles. The first-order valence-electron chi connectivity index (χ1n) is 5.02. The number of hydrogen-bond donors (Lipinski definition) is 2. The van der Waals surface area contributed by atoms with Crippen LogP contribution in [-0.4, -0.2) is 9.97 Å². The fourth-order valence-electron chi connectivity index (χ4n) is 1.49. The van der Waals surface area contributed by atoms with Crippen LogP contribution in [0.2, 0.25) is 5.15 Å². The van der Waals surface area contributed by atoms with Crippen LogP contribution in [0.3, 0.4) is 0 Å². The van der Waals surface area contributed by atoms with Gasteiger partial charge in [0.15, 0.2) is 5.01 Å². The molecular formula is C10H8ClF3N4S. The molecule has 0 radical (unpaired) electrons. The SMILES string of the molecule is NNC(c1ccnc(Cl)c1)c1cnc(C(F)(F)F)s1. The van der Waals surface area contributed by atoms with Crippen molar-refractivity contribution in [1.82, 2.24) is 15.4 Å². The molecule has 2 rings (SSSR count). The lowest BCUT2D eigenvalue weighted by Crippen LogP contribution is -2.28. The van der Waals surface area contributed by atoms with Gasteiger partial charge in [-0.15, -0.1) is 11.3 Å². The first kappa shape index (κ1) is 14.2. The van der Waals surface area contributed by atoms with E-state index in [1.165, 1.54) is 12.3 Å². The third kappa shape index (κ3) is 3.21. The Morgan fingerprint density at radius 1 is 1.37 bits per heavy atom. The largest absolute Gasteiger partial charge is 0.443 e. The Bertz CT molecular complexity index is 572. The maximum atomic E-state index is 12.5. The maximum Gasteiger partial charge on any atom is 0.443 e. The van der Waals surface area contributed by atoms with E-state index in [2.05, 4.69) is 15.4 Å². The van der Waals surface area contributed by atoms with Crippen molar-refractivity contribution < 1.29 is 13.2 Å². The number of nitrogens with zero attached hydrogens (tertiary/aromatic N) is 2. The molecule has 3 N–H and O–H groups in total. The zero-order valence-electron chi connectivity index (χ0n) is 9.28. The molecule has 1 unspecified atom stereocenters. The topological polar surface area (TPSA) is 63.8 Å². The molecule has 2 aromatic rings. The molecule has 9 heteroatoms. The Hall–Kier alpha value is -1.22. The number of hydrogen-bond acceptors (Lipinski definition) is 5. The van der Waals surface area contributed by atoms with E-state index in [9.17, 15) is 13.2 Å². The van der Waals surface area contributed by atoms with Gasteiger partial charge in [0.2, 0.25) is 0 Å². The van der Waals surface area contributed by atoms with Gasteiger partial charge in [0.1, 0.15) is 5.15 Å². The van der Waals surface area contributed by atoms with Crippen molar-refractivity contribution in [3.05, 3.63) is 45.1 Å². The summed E-state index contributed by atoms with van der Waals surface area (Å²) in [6.45, 7) is 0. The molecule has 0 fully saturated rings. The van der Waals surface area contributed by atoms with Crippen LogP contribution in [0.4, 0.5) is 13.2 Å². The van der Waals surface area contributed by atoms with E-state index in [0.717, 1.165) is 6.20 Å². The van der Waals surface area contributed by atoms with Crippen molar-refractivity contribution >= 4 is 22.9 Å². The number of rotatable bonds is 3. The second kappa shape index (κ2) is 5.41. The van der Waals surface area contributed by atoms with Crippen molar-refractivity contribution in [3.8, 4) is 0 Å².